The van der Waals surface area contributed by atoms with Crippen molar-refractivity contribution in [3.63, 3.8) is 0 Å². The minimum atomic E-state index is -0.554. The van der Waals surface area contributed by atoms with E-state index in [0.29, 0.717) is 12.1 Å². The lowest BCUT2D eigenvalue weighted by molar-refractivity contribution is 0.540. The third-order valence-electron chi connectivity index (χ3n) is 3.18. The van der Waals surface area contributed by atoms with E-state index in [0.717, 1.165) is 17.2 Å². The highest BCUT2D eigenvalue weighted by Gasteiger charge is 2.18. The molecule has 19 heavy (non-hydrogen) atoms. The molecule has 0 radical (unpaired) electrons. The topological polar surface area (TPSA) is 12.0 Å². The molecular weight excluding hydrogens is 244 g/mol. The largest absolute Gasteiger partial charge is 0.306 e. The number of rotatable bonds is 4. The fourth-order valence-electron chi connectivity index (χ4n) is 2.24. The Morgan fingerprint density at radius 1 is 1.05 bits per heavy atom. The van der Waals surface area contributed by atoms with E-state index in [4.69, 9.17) is 0 Å². The van der Waals surface area contributed by atoms with Gasteiger partial charge in [-0.3, -0.25) is 0 Å². The van der Waals surface area contributed by atoms with E-state index in [9.17, 15) is 8.78 Å². The van der Waals surface area contributed by atoms with Gasteiger partial charge >= 0.3 is 0 Å². The third kappa shape index (κ3) is 2.99. The maximum atomic E-state index is 14.0. The van der Waals surface area contributed by atoms with Crippen LogP contribution < -0.4 is 5.32 Å². The van der Waals surface area contributed by atoms with Crippen LogP contribution in [0.4, 0.5) is 8.78 Å². The zero-order valence-corrected chi connectivity index (χ0v) is 11.1. The van der Waals surface area contributed by atoms with Gasteiger partial charge in [-0.05, 0) is 30.7 Å². The summed E-state index contributed by atoms with van der Waals surface area (Å²) in [5, 5.41) is 3.25. The molecule has 0 aliphatic rings. The molecule has 1 atom stereocenters. The average Bonchev–Trinajstić information content (AvgIpc) is 2.38. The molecule has 3 heteroatoms. The Bertz CT molecular complexity index is 566. The van der Waals surface area contributed by atoms with E-state index in [2.05, 4.69) is 5.32 Å². The number of nitrogens with one attached hydrogen (secondary N) is 1. The van der Waals surface area contributed by atoms with Crippen LogP contribution in [0.25, 0.3) is 0 Å². The molecule has 0 heterocycles. The molecule has 0 aliphatic carbocycles. The second-order valence-electron chi connectivity index (χ2n) is 4.51. The van der Waals surface area contributed by atoms with Gasteiger partial charge in [0.05, 0.1) is 6.04 Å². The van der Waals surface area contributed by atoms with Crippen LogP contribution in [0, 0.1) is 18.6 Å². The van der Waals surface area contributed by atoms with Gasteiger partial charge in [0, 0.05) is 11.6 Å². The normalized spacial score (nSPS) is 12.4. The summed E-state index contributed by atoms with van der Waals surface area (Å²) in [4.78, 5) is 0. The van der Waals surface area contributed by atoms with Crippen LogP contribution in [0.15, 0.2) is 42.5 Å². The molecular formula is C16H17F2N. The van der Waals surface area contributed by atoms with Crippen molar-refractivity contribution in [3.8, 4) is 0 Å². The number of hydrogen-bond acceptors (Lipinski definition) is 1. The molecule has 2 aromatic rings. The third-order valence-corrected chi connectivity index (χ3v) is 3.18. The van der Waals surface area contributed by atoms with Crippen LogP contribution in [0.2, 0.25) is 0 Å². The zero-order chi connectivity index (χ0) is 13.8. The summed E-state index contributed by atoms with van der Waals surface area (Å²) in [6.45, 7) is 4.66. The van der Waals surface area contributed by atoms with E-state index in [1.165, 1.54) is 12.1 Å². The van der Waals surface area contributed by atoms with Gasteiger partial charge in [-0.2, -0.15) is 0 Å². The first kappa shape index (κ1) is 13.7. The van der Waals surface area contributed by atoms with Crippen LogP contribution in [-0.4, -0.2) is 6.54 Å². The van der Waals surface area contributed by atoms with Crippen LogP contribution in [0.5, 0.6) is 0 Å². The minimum Gasteiger partial charge on any atom is -0.306 e. The first-order valence-electron chi connectivity index (χ1n) is 6.37. The highest BCUT2D eigenvalue weighted by Crippen LogP contribution is 2.27. The summed E-state index contributed by atoms with van der Waals surface area (Å²) in [5.74, 6) is -1.07. The van der Waals surface area contributed by atoms with Crippen LogP contribution in [-0.2, 0) is 0 Å². The zero-order valence-electron chi connectivity index (χ0n) is 11.1. The average molecular weight is 261 g/mol. The van der Waals surface area contributed by atoms with Crippen molar-refractivity contribution in [2.45, 2.75) is 19.9 Å². The highest BCUT2D eigenvalue weighted by molar-refractivity contribution is 5.37. The second-order valence-corrected chi connectivity index (χ2v) is 4.51. The first-order valence-corrected chi connectivity index (χ1v) is 6.37. The summed E-state index contributed by atoms with van der Waals surface area (Å²) in [7, 11) is 0. The molecule has 0 saturated heterocycles. The Kier molecular flexibility index (Phi) is 4.27. The maximum absolute atomic E-state index is 14.0. The maximum Gasteiger partial charge on any atom is 0.131 e. The molecule has 0 bridgehead atoms. The van der Waals surface area contributed by atoms with Gasteiger partial charge in [0.15, 0.2) is 0 Å². The van der Waals surface area contributed by atoms with Gasteiger partial charge in [0.1, 0.15) is 11.6 Å². The van der Waals surface area contributed by atoms with Crippen molar-refractivity contribution in [1.29, 1.82) is 0 Å². The lowest BCUT2D eigenvalue weighted by Crippen LogP contribution is -2.23. The Labute approximate surface area is 112 Å². The van der Waals surface area contributed by atoms with Crippen LogP contribution in [0.1, 0.15) is 29.7 Å². The predicted molar refractivity (Wildman–Crippen MR) is 73.1 cm³/mol. The SMILES string of the molecule is CCNC(c1ccccc1C)c1ccc(F)cc1F. The molecule has 1 nitrogen and oxygen atoms in total. The smallest absolute Gasteiger partial charge is 0.131 e. The monoisotopic (exact) mass is 261 g/mol. The molecule has 1 N–H and O–H groups in total. The summed E-state index contributed by atoms with van der Waals surface area (Å²) in [5.41, 5.74) is 2.56. The Morgan fingerprint density at radius 2 is 1.79 bits per heavy atom. The summed E-state index contributed by atoms with van der Waals surface area (Å²) >= 11 is 0. The lowest BCUT2D eigenvalue weighted by Gasteiger charge is -2.21. The molecule has 2 rings (SSSR count). The number of aryl methyl sites for hydroxylation is 1. The van der Waals surface area contributed by atoms with Crippen LogP contribution >= 0.6 is 0 Å². The van der Waals surface area contributed by atoms with E-state index >= 15 is 0 Å². The van der Waals surface area contributed by atoms with Crippen molar-refractivity contribution in [3.05, 3.63) is 70.8 Å². The molecule has 100 valence electrons. The molecule has 1 unspecified atom stereocenters. The number of benzene rings is 2. The lowest BCUT2D eigenvalue weighted by atomic mass is 9.94. The summed E-state index contributed by atoms with van der Waals surface area (Å²) in [6, 6.07) is 11.3. The Hall–Kier alpha value is -1.74. The predicted octanol–water partition coefficient (Wildman–Crippen LogP) is 3.97. The summed E-state index contributed by atoms with van der Waals surface area (Å²) in [6.07, 6.45) is 0. The minimum absolute atomic E-state index is 0.258. The van der Waals surface area contributed by atoms with Crippen LogP contribution in [0.3, 0.4) is 0 Å². The highest BCUT2D eigenvalue weighted by atomic mass is 19.1. The Balaban J connectivity index is 2.48. The molecule has 0 saturated carbocycles. The molecule has 0 fully saturated rings. The van der Waals surface area contributed by atoms with E-state index in [-0.39, 0.29) is 6.04 Å². The van der Waals surface area contributed by atoms with Gasteiger partial charge in [-0.25, -0.2) is 8.78 Å². The molecule has 0 spiro atoms. The molecule has 0 aliphatic heterocycles. The van der Waals surface area contributed by atoms with Crippen molar-refractivity contribution in [2.24, 2.45) is 0 Å². The number of hydrogen-bond donors (Lipinski definition) is 1. The van der Waals surface area contributed by atoms with Crippen molar-refractivity contribution in [1.82, 2.24) is 5.32 Å². The second kappa shape index (κ2) is 5.93. The molecule has 0 amide bonds. The van der Waals surface area contributed by atoms with Gasteiger partial charge in [0.25, 0.3) is 0 Å². The quantitative estimate of drug-likeness (QED) is 0.878. The molecule has 2 aromatic carbocycles. The van der Waals surface area contributed by atoms with Crippen molar-refractivity contribution < 1.29 is 8.78 Å². The van der Waals surface area contributed by atoms with Crippen molar-refractivity contribution >= 4 is 0 Å². The van der Waals surface area contributed by atoms with E-state index in [1.807, 2.05) is 38.1 Å². The Morgan fingerprint density at radius 3 is 2.42 bits per heavy atom. The fourth-order valence-corrected chi connectivity index (χ4v) is 2.24. The molecule has 0 aromatic heterocycles. The summed E-state index contributed by atoms with van der Waals surface area (Å²) < 4.78 is 27.0. The van der Waals surface area contributed by atoms with Gasteiger partial charge in [-0.1, -0.05) is 37.3 Å². The fraction of sp³-hybridized carbons (Fsp3) is 0.250. The van der Waals surface area contributed by atoms with Gasteiger partial charge in [-0.15, -0.1) is 0 Å². The number of halogens is 2. The van der Waals surface area contributed by atoms with E-state index < -0.39 is 11.6 Å². The standard InChI is InChI=1S/C16H17F2N/c1-3-19-16(13-7-5-4-6-11(13)2)14-9-8-12(17)10-15(14)18/h4-10,16,19H,3H2,1-2H3. The van der Waals surface area contributed by atoms with E-state index in [1.54, 1.807) is 0 Å². The van der Waals surface area contributed by atoms with Gasteiger partial charge < -0.3 is 5.32 Å². The van der Waals surface area contributed by atoms with Crippen molar-refractivity contribution in [2.75, 3.05) is 6.54 Å². The first-order chi connectivity index (χ1) is 9.13. The van der Waals surface area contributed by atoms with Gasteiger partial charge in [0.2, 0.25) is 0 Å².